The Kier molecular flexibility index (Phi) is 5.40. The minimum absolute atomic E-state index is 0.0348. The largest absolute Gasteiger partial charge is 0.348 e. The van der Waals surface area contributed by atoms with Crippen LogP contribution in [0.15, 0.2) is 54.6 Å². The monoisotopic (exact) mass is 365 g/mol. The van der Waals surface area contributed by atoms with Crippen LogP contribution in [0.4, 0.5) is 4.39 Å². The predicted octanol–water partition coefficient (Wildman–Crippen LogP) is 4.76. The van der Waals surface area contributed by atoms with E-state index in [4.69, 9.17) is 0 Å². The summed E-state index contributed by atoms with van der Waals surface area (Å²) < 4.78 is 14.9. The van der Waals surface area contributed by atoms with E-state index in [1.165, 1.54) is 12.1 Å². The molecule has 1 N–H and O–H groups in total. The van der Waals surface area contributed by atoms with Gasteiger partial charge in [-0.05, 0) is 67.8 Å². The lowest BCUT2D eigenvalue weighted by Crippen LogP contribution is -2.37. The maximum atomic E-state index is 13.3. The molecule has 3 rings (SSSR count). The number of carbonyl (C=O) groups is 1. The molecule has 0 aliphatic heterocycles. The molecule has 27 heavy (non-hydrogen) atoms. The lowest BCUT2D eigenvalue weighted by Gasteiger charge is -2.17. The summed E-state index contributed by atoms with van der Waals surface area (Å²) in [5.41, 5.74) is 3.72. The molecule has 0 aliphatic rings. The quantitative estimate of drug-likeness (QED) is 0.708. The molecule has 0 spiro atoms. The standard InChI is InChI=1S/C22H24FN3O/c1-14(2)16(4)24-22(27)21-13-20(17-8-10-18(23)11-9-17)25-26(21)19-7-5-6-15(3)12-19/h5-14,16H,1-4H3,(H,24,27)/t16-/m1/s1. The molecule has 4 nitrogen and oxygen atoms in total. The van der Waals surface area contributed by atoms with Crippen LogP contribution in [-0.4, -0.2) is 21.7 Å². The third-order valence-corrected chi connectivity index (χ3v) is 4.69. The third kappa shape index (κ3) is 4.25. The van der Waals surface area contributed by atoms with Gasteiger partial charge in [0.25, 0.3) is 5.91 Å². The summed E-state index contributed by atoms with van der Waals surface area (Å²) in [6.07, 6.45) is 0. The van der Waals surface area contributed by atoms with Crippen molar-refractivity contribution in [1.29, 1.82) is 0 Å². The molecule has 0 unspecified atom stereocenters. The van der Waals surface area contributed by atoms with Gasteiger partial charge in [0, 0.05) is 11.6 Å². The molecule has 0 aliphatic carbocycles. The summed E-state index contributed by atoms with van der Waals surface area (Å²) in [6, 6.07) is 15.7. The van der Waals surface area contributed by atoms with Crippen LogP contribution in [0.5, 0.6) is 0 Å². The number of nitrogens with one attached hydrogen (secondary N) is 1. The van der Waals surface area contributed by atoms with Gasteiger partial charge in [0.05, 0.1) is 11.4 Å². The van der Waals surface area contributed by atoms with Crippen LogP contribution in [0, 0.1) is 18.7 Å². The molecule has 0 bridgehead atoms. The van der Waals surface area contributed by atoms with Gasteiger partial charge in [-0.2, -0.15) is 5.10 Å². The van der Waals surface area contributed by atoms with Crippen molar-refractivity contribution in [3.05, 3.63) is 71.7 Å². The molecule has 0 fully saturated rings. The van der Waals surface area contributed by atoms with Crippen LogP contribution in [0.2, 0.25) is 0 Å². The number of amides is 1. The van der Waals surface area contributed by atoms with Crippen LogP contribution in [0.25, 0.3) is 16.9 Å². The molecule has 0 radical (unpaired) electrons. The number of aromatic nitrogens is 2. The van der Waals surface area contributed by atoms with Crippen LogP contribution < -0.4 is 5.32 Å². The number of hydrogen-bond acceptors (Lipinski definition) is 2. The van der Waals surface area contributed by atoms with E-state index in [1.807, 2.05) is 38.1 Å². The summed E-state index contributed by atoms with van der Waals surface area (Å²) in [6.45, 7) is 8.10. The molecule has 3 aromatic rings. The zero-order chi connectivity index (χ0) is 19.6. The van der Waals surface area contributed by atoms with Crippen molar-refractivity contribution in [2.24, 2.45) is 5.92 Å². The van der Waals surface area contributed by atoms with Gasteiger partial charge in [-0.25, -0.2) is 9.07 Å². The normalized spacial score (nSPS) is 12.2. The highest BCUT2D eigenvalue weighted by Crippen LogP contribution is 2.23. The van der Waals surface area contributed by atoms with Gasteiger partial charge in [0.2, 0.25) is 0 Å². The first kappa shape index (κ1) is 18.8. The second-order valence-corrected chi connectivity index (χ2v) is 7.18. The van der Waals surface area contributed by atoms with Crippen molar-refractivity contribution in [2.75, 3.05) is 0 Å². The Morgan fingerprint density at radius 1 is 1.07 bits per heavy atom. The van der Waals surface area contributed by atoms with E-state index in [2.05, 4.69) is 24.3 Å². The number of halogens is 1. The fraction of sp³-hybridized carbons (Fsp3) is 0.273. The fourth-order valence-corrected chi connectivity index (χ4v) is 2.71. The first-order chi connectivity index (χ1) is 12.8. The summed E-state index contributed by atoms with van der Waals surface area (Å²) in [7, 11) is 0. The Morgan fingerprint density at radius 2 is 1.78 bits per heavy atom. The van der Waals surface area contributed by atoms with Crippen molar-refractivity contribution in [1.82, 2.24) is 15.1 Å². The smallest absolute Gasteiger partial charge is 0.270 e. The van der Waals surface area contributed by atoms with E-state index in [-0.39, 0.29) is 17.8 Å². The molecule has 0 saturated carbocycles. The van der Waals surface area contributed by atoms with Gasteiger partial charge in [-0.1, -0.05) is 26.0 Å². The van der Waals surface area contributed by atoms with Gasteiger partial charge in [0.1, 0.15) is 11.5 Å². The second kappa shape index (κ2) is 7.74. The summed E-state index contributed by atoms with van der Waals surface area (Å²) >= 11 is 0. The number of carbonyl (C=O) groups excluding carboxylic acids is 1. The lowest BCUT2D eigenvalue weighted by atomic mass is 10.1. The van der Waals surface area contributed by atoms with E-state index in [1.54, 1.807) is 22.9 Å². The average molecular weight is 365 g/mol. The van der Waals surface area contributed by atoms with Crippen molar-refractivity contribution in [3.63, 3.8) is 0 Å². The van der Waals surface area contributed by atoms with Crippen LogP contribution in [0.1, 0.15) is 36.8 Å². The molecule has 2 aromatic carbocycles. The van der Waals surface area contributed by atoms with E-state index < -0.39 is 0 Å². The third-order valence-electron chi connectivity index (χ3n) is 4.69. The van der Waals surface area contributed by atoms with Crippen LogP contribution >= 0.6 is 0 Å². The number of aryl methyl sites for hydroxylation is 1. The van der Waals surface area contributed by atoms with Crippen molar-refractivity contribution in [3.8, 4) is 16.9 Å². The Balaban J connectivity index is 2.06. The van der Waals surface area contributed by atoms with Gasteiger partial charge in [-0.3, -0.25) is 4.79 Å². The van der Waals surface area contributed by atoms with E-state index >= 15 is 0 Å². The van der Waals surface area contributed by atoms with E-state index in [9.17, 15) is 9.18 Å². The Morgan fingerprint density at radius 3 is 2.41 bits per heavy atom. The van der Waals surface area contributed by atoms with E-state index in [0.717, 1.165) is 16.8 Å². The molecular weight excluding hydrogens is 341 g/mol. The van der Waals surface area contributed by atoms with Crippen molar-refractivity contribution < 1.29 is 9.18 Å². The van der Waals surface area contributed by atoms with Crippen LogP contribution in [0.3, 0.4) is 0 Å². The van der Waals surface area contributed by atoms with E-state index in [0.29, 0.717) is 17.3 Å². The number of rotatable bonds is 5. The zero-order valence-electron chi connectivity index (χ0n) is 16.0. The minimum atomic E-state index is -0.305. The lowest BCUT2D eigenvalue weighted by molar-refractivity contribution is 0.0922. The molecular formula is C22H24FN3O. The Labute approximate surface area is 159 Å². The summed E-state index contributed by atoms with van der Waals surface area (Å²) in [4.78, 5) is 12.9. The molecule has 140 valence electrons. The highest BCUT2D eigenvalue weighted by Gasteiger charge is 2.20. The van der Waals surface area contributed by atoms with Crippen molar-refractivity contribution >= 4 is 5.91 Å². The SMILES string of the molecule is Cc1cccc(-n2nc(-c3ccc(F)cc3)cc2C(=O)N[C@H](C)C(C)C)c1. The second-order valence-electron chi connectivity index (χ2n) is 7.18. The number of nitrogens with zero attached hydrogens (tertiary/aromatic N) is 2. The highest BCUT2D eigenvalue weighted by molar-refractivity contribution is 5.94. The predicted molar refractivity (Wildman–Crippen MR) is 105 cm³/mol. The van der Waals surface area contributed by atoms with Gasteiger partial charge < -0.3 is 5.32 Å². The maximum Gasteiger partial charge on any atom is 0.270 e. The number of hydrogen-bond donors (Lipinski definition) is 1. The van der Waals surface area contributed by atoms with Gasteiger partial charge >= 0.3 is 0 Å². The minimum Gasteiger partial charge on any atom is -0.348 e. The average Bonchev–Trinajstić information content (AvgIpc) is 3.07. The number of benzene rings is 2. The molecule has 1 atom stereocenters. The topological polar surface area (TPSA) is 46.9 Å². The van der Waals surface area contributed by atoms with Gasteiger partial charge in [-0.15, -0.1) is 0 Å². The first-order valence-electron chi connectivity index (χ1n) is 9.09. The van der Waals surface area contributed by atoms with Crippen molar-refractivity contribution in [2.45, 2.75) is 33.7 Å². The molecule has 1 amide bonds. The van der Waals surface area contributed by atoms with Crippen LogP contribution in [-0.2, 0) is 0 Å². The fourth-order valence-electron chi connectivity index (χ4n) is 2.71. The summed E-state index contributed by atoms with van der Waals surface area (Å²) in [5, 5.41) is 7.66. The molecule has 0 saturated heterocycles. The Hall–Kier alpha value is -2.95. The van der Waals surface area contributed by atoms with Gasteiger partial charge in [0.15, 0.2) is 0 Å². The molecule has 1 aromatic heterocycles. The first-order valence-corrected chi connectivity index (χ1v) is 9.09. The molecule has 1 heterocycles. The summed E-state index contributed by atoms with van der Waals surface area (Å²) in [5.74, 6) is -0.167. The maximum absolute atomic E-state index is 13.3. The zero-order valence-corrected chi connectivity index (χ0v) is 16.0. The highest BCUT2D eigenvalue weighted by atomic mass is 19.1. The molecule has 5 heteroatoms. The Bertz CT molecular complexity index is 944.